The molecule has 3 atom stereocenters. The summed E-state index contributed by atoms with van der Waals surface area (Å²) in [7, 11) is 0. The van der Waals surface area contributed by atoms with Crippen LogP contribution in [0.15, 0.2) is 72.8 Å². The van der Waals surface area contributed by atoms with Crippen LogP contribution in [-0.2, 0) is 14.2 Å². The van der Waals surface area contributed by atoms with Gasteiger partial charge in [-0.15, -0.1) is 0 Å². The standard InChI is InChI=1S/C38H46O7/c1-5-38(24-42-25-38)23-41-20-21-43-32-15-11-28(12-16-32)29-13-17-33(18-14-29)44-36(39)30-7-9-31(10-8-30)37(40)45-35-22-27(4)6-19-34(35)26(2)3/h7-18,26-27,34-35H,5-6,19-25H2,1-4H3. The Morgan fingerprint density at radius 1 is 0.822 bits per heavy atom. The Hall–Kier alpha value is -3.68. The highest BCUT2D eigenvalue weighted by atomic mass is 16.5. The van der Waals surface area contributed by atoms with E-state index in [1.165, 1.54) is 6.42 Å². The molecule has 1 saturated heterocycles. The topological polar surface area (TPSA) is 80.3 Å². The minimum Gasteiger partial charge on any atom is -0.491 e. The molecule has 5 rings (SSSR count). The molecule has 0 spiro atoms. The molecule has 240 valence electrons. The van der Waals surface area contributed by atoms with Crippen LogP contribution in [0.3, 0.4) is 0 Å². The van der Waals surface area contributed by atoms with Gasteiger partial charge in [-0.2, -0.15) is 0 Å². The summed E-state index contributed by atoms with van der Waals surface area (Å²) in [4.78, 5) is 25.7. The van der Waals surface area contributed by atoms with Crippen molar-refractivity contribution in [2.24, 2.45) is 23.2 Å². The van der Waals surface area contributed by atoms with E-state index in [1.54, 1.807) is 36.4 Å². The lowest BCUT2D eigenvalue weighted by atomic mass is 9.75. The van der Waals surface area contributed by atoms with Crippen molar-refractivity contribution in [3.05, 3.63) is 83.9 Å². The zero-order valence-electron chi connectivity index (χ0n) is 27.0. The fraction of sp³-hybridized carbons (Fsp3) is 0.474. The average molecular weight is 615 g/mol. The van der Waals surface area contributed by atoms with Crippen molar-refractivity contribution >= 4 is 11.9 Å². The van der Waals surface area contributed by atoms with E-state index >= 15 is 0 Å². The van der Waals surface area contributed by atoms with Crippen molar-refractivity contribution in [2.75, 3.05) is 33.0 Å². The molecule has 45 heavy (non-hydrogen) atoms. The van der Waals surface area contributed by atoms with Crippen molar-refractivity contribution in [2.45, 2.75) is 59.5 Å². The van der Waals surface area contributed by atoms with E-state index in [0.29, 0.717) is 54.5 Å². The Bertz CT molecular complexity index is 1390. The van der Waals surface area contributed by atoms with Gasteiger partial charge in [0.25, 0.3) is 0 Å². The van der Waals surface area contributed by atoms with Crippen LogP contribution in [0.4, 0.5) is 0 Å². The molecular weight excluding hydrogens is 568 g/mol. The maximum Gasteiger partial charge on any atom is 0.343 e. The lowest BCUT2D eigenvalue weighted by Crippen LogP contribution is -2.45. The predicted molar refractivity (Wildman–Crippen MR) is 174 cm³/mol. The van der Waals surface area contributed by atoms with Gasteiger partial charge in [-0.3, -0.25) is 0 Å². The summed E-state index contributed by atoms with van der Waals surface area (Å²) >= 11 is 0. The van der Waals surface area contributed by atoms with Gasteiger partial charge in [0.05, 0.1) is 37.6 Å². The van der Waals surface area contributed by atoms with E-state index in [1.807, 2.05) is 36.4 Å². The number of benzene rings is 3. The van der Waals surface area contributed by atoms with Crippen LogP contribution in [0.5, 0.6) is 11.5 Å². The molecule has 1 heterocycles. The number of ether oxygens (including phenoxy) is 5. The van der Waals surface area contributed by atoms with Gasteiger partial charge in [-0.25, -0.2) is 9.59 Å². The van der Waals surface area contributed by atoms with Crippen LogP contribution < -0.4 is 9.47 Å². The van der Waals surface area contributed by atoms with E-state index in [4.69, 9.17) is 23.7 Å². The molecule has 0 amide bonds. The second-order valence-electron chi connectivity index (χ2n) is 13.0. The number of rotatable bonds is 13. The molecule has 3 aromatic rings. The smallest absolute Gasteiger partial charge is 0.343 e. The van der Waals surface area contributed by atoms with E-state index in [2.05, 4.69) is 27.7 Å². The zero-order chi connectivity index (χ0) is 31.8. The van der Waals surface area contributed by atoms with Gasteiger partial charge < -0.3 is 23.7 Å². The second kappa shape index (κ2) is 15.1. The highest BCUT2D eigenvalue weighted by molar-refractivity contribution is 5.94. The fourth-order valence-corrected chi connectivity index (χ4v) is 6.11. The fourth-order valence-electron chi connectivity index (χ4n) is 6.11. The quantitative estimate of drug-likeness (QED) is 0.110. The first-order valence-corrected chi connectivity index (χ1v) is 16.3. The first-order valence-electron chi connectivity index (χ1n) is 16.3. The minimum atomic E-state index is -0.486. The number of esters is 2. The SMILES string of the molecule is CCC1(COCCOc2ccc(-c3ccc(OC(=O)c4ccc(C(=O)OC5CC(C)CCC5C(C)C)cc4)cc3)cc2)COC1. The summed E-state index contributed by atoms with van der Waals surface area (Å²) in [6.45, 7) is 12.1. The Balaban J connectivity index is 1.08. The van der Waals surface area contributed by atoms with Crippen LogP contribution in [0.1, 0.15) is 74.1 Å². The molecule has 7 nitrogen and oxygen atoms in total. The van der Waals surface area contributed by atoms with Gasteiger partial charge in [0.15, 0.2) is 0 Å². The Kier molecular flexibility index (Phi) is 11.0. The molecular formula is C38H46O7. The molecule has 0 radical (unpaired) electrons. The van der Waals surface area contributed by atoms with Crippen molar-refractivity contribution < 1.29 is 33.3 Å². The maximum absolute atomic E-state index is 12.9. The molecule has 3 aromatic carbocycles. The number of hydrogen-bond donors (Lipinski definition) is 0. The van der Waals surface area contributed by atoms with Crippen molar-refractivity contribution in [3.8, 4) is 22.6 Å². The van der Waals surface area contributed by atoms with E-state index in [9.17, 15) is 9.59 Å². The molecule has 1 saturated carbocycles. The molecule has 2 aliphatic rings. The van der Waals surface area contributed by atoms with Gasteiger partial charge in [-0.05, 0) is 96.7 Å². The van der Waals surface area contributed by atoms with Crippen LogP contribution in [-0.4, -0.2) is 51.1 Å². The van der Waals surface area contributed by atoms with Crippen LogP contribution in [0.25, 0.3) is 11.1 Å². The highest BCUT2D eigenvalue weighted by Gasteiger charge is 2.37. The number of carbonyl (C=O) groups excluding carboxylic acids is 2. The summed E-state index contributed by atoms with van der Waals surface area (Å²) in [6.07, 6.45) is 4.13. The highest BCUT2D eigenvalue weighted by Crippen LogP contribution is 2.36. The maximum atomic E-state index is 12.9. The van der Waals surface area contributed by atoms with Gasteiger partial charge in [0.2, 0.25) is 0 Å². The van der Waals surface area contributed by atoms with Crippen LogP contribution in [0, 0.1) is 23.2 Å². The van der Waals surface area contributed by atoms with Gasteiger partial charge in [0.1, 0.15) is 24.2 Å². The molecule has 0 N–H and O–H groups in total. The molecule has 3 unspecified atom stereocenters. The Labute approximate surface area is 267 Å². The largest absolute Gasteiger partial charge is 0.491 e. The van der Waals surface area contributed by atoms with E-state index in [0.717, 1.165) is 49.4 Å². The van der Waals surface area contributed by atoms with Gasteiger partial charge >= 0.3 is 11.9 Å². The number of hydrogen-bond acceptors (Lipinski definition) is 7. The van der Waals surface area contributed by atoms with Crippen molar-refractivity contribution in [1.29, 1.82) is 0 Å². The second-order valence-corrected chi connectivity index (χ2v) is 13.0. The number of carbonyl (C=O) groups is 2. The average Bonchev–Trinajstić information content (AvgIpc) is 3.02. The van der Waals surface area contributed by atoms with Crippen LogP contribution >= 0.6 is 0 Å². The Morgan fingerprint density at radius 2 is 1.42 bits per heavy atom. The normalized spacial score (nSPS) is 20.7. The molecule has 0 aromatic heterocycles. The molecule has 1 aliphatic carbocycles. The molecule has 0 bridgehead atoms. The summed E-state index contributed by atoms with van der Waals surface area (Å²) in [5, 5.41) is 0. The van der Waals surface area contributed by atoms with E-state index in [-0.39, 0.29) is 17.5 Å². The summed E-state index contributed by atoms with van der Waals surface area (Å²) in [6, 6.07) is 21.7. The summed E-state index contributed by atoms with van der Waals surface area (Å²) in [5.41, 5.74) is 3.00. The van der Waals surface area contributed by atoms with Crippen LogP contribution in [0.2, 0.25) is 0 Å². The van der Waals surface area contributed by atoms with Crippen molar-refractivity contribution in [3.63, 3.8) is 0 Å². The Morgan fingerprint density at radius 3 is 1.98 bits per heavy atom. The minimum absolute atomic E-state index is 0.0727. The summed E-state index contributed by atoms with van der Waals surface area (Å²) < 4.78 is 28.5. The third kappa shape index (κ3) is 8.53. The van der Waals surface area contributed by atoms with Crippen molar-refractivity contribution in [1.82, 2.24) is 0 Å². The van der Waals surface area contributed by atoms with E-state index < -0.39 is 5.97 Å². The predicted octanol–water partition coefficient (Wildman–Crippen LogP) is 8.01. The molecule has 1 aliphatic heterocycles. The van der Waals surface area contributed by atoms with Gasteiger partial charge in [0, 0.05) is 5.41 Å². The lowest BCUT2D eigenvalue weighted by molar-refractivity contribution is -0.151. The monoisotopic (exact) mass is 614 g/mol. The first kappa shape index (κ1) is 32.7. The molecule has 2 fully saturated rings. The van der Waals surface area contributed by atoms with Gasteiger partial charge in [-0.1, -0.05) is 58.4 Å². The molecule has 7 heteroatoms. The third-order valence-corrected chi connectivity index (χ3v) is 9.30. The third-order valence-electron chi connectivity index (χ3n) is 9.30. The summed E-state index contributed by atoms with van der Waals surface area (Å²) in [5.74, 6) is 1.78. The lowest BCUT2D eigenvalue weighted by Gasteiger charge is -2.40. The zero-order valence-corrected chi connectivity index (χ0v) is 27.0. The first-order chi connectivity index (χ1) is 21.7.